The number of benzene rings is 1. The SMILES string of the molecule is CC.Cc1ccc2c(c1)C(=O)CC=N2. The van der Waals surface area contributed by atoms with Gasteiger partial charge in [-0.15, -0.1) is 0 Å². The molecule has 74 valence electrons. The topological polar surface area (TPSA) is 29.4 Å². The van der Waals surface area contributed by atoms with Crippen LogP contribution in [0, 0.1) is 6.92 Å². The number of aryl methyl sites for hydroxylation is 1. The van der Waals surface area contributed by atoms with Crippen LogP contribution in [-0.4, -0.2) is 12.0 Å². The van der Waals surface area contributed by atoms with Gasteiger partial charge in [-0.25, -0.2) is 0 Å². The van der Waals surface area contributed by atoms with Crippen molar-refractivity contribution in [2.45, 2.75) is 27.2 Å². The highest BCUT2D eigenvalue weighted by molar-refractivity contribution is 6.10. The first-order valence-corrected chi connectivity index (χ1v) is 4.94. The van der Waals surface area contributed by atoms with Crippen molar-refractivity contribution in [2.24, 2.45) is 4.99 Å². The van der Waals surface area contributed by atoms with Gasteiger partial charge in [0.1, 0.15) is 0 Å². The molecule has 14 heavy (non-hydrogen) atoms. The molecule has 0 spiro atoms. The van der Waals surface area contributed by atoms with Crippen LogP contribution in [0.1, 0.15) is 36.2 Å². The van der Waals surface area contributed by atoms with E-state index in [1.807, 2.05) is 39.0 Å². The number of Topliss-reactive ketones (excluding diaryl/α,β-unsaturated/α-hetero) is 1. The van der Waals surface area contributed by atoms with Crippen LogP contribution in [0.5, 0.6) is 0 Å². The van der Waals surface area contributed by atoms with E-state index in [2.05, 4.69) is 4.99 Å². The molecule has 1 aromatic carbocycles. The average Bonchev–Trinajstić information content (AvgIpc) is 2.22. The Labute approximate surface area is 84.7 Å². The first kappa shape index (κ1) is 10.6. The van der Waals surface area contributed by atoms with Crippen molar-refractivity contribution >= 4 is 17.7 Å². The van der Waals surface area contributed by atoms with Crippen molar-refractivity contribution in [1.29, 1.82) is 0 Å². The van der Waals surface area contributed by atoms with Gasteiger partial charge in [0.05, 0.1) is 5.69 Å². The molecule has 2 rings (SSSR count). The maximum absolute atomic E-state index is 11.3. The Bertz CT molecular complexity index is 367. The molecule has 2 nitrogen and oxygen atoms in total. The molecule has 0 saturated heterocycles. The predicted octanol–water partition coefficient (Wildman–Crippen LogP) is 3.31. The first-order valence-electron chi connectivity index (χ1n) is 4.94. The van der Waals surface area contributed by atoms with Crippen molar-refractivity contribution in [3.05, 3.63) is 29.3 Å². The van der Waals surface area contributed by atoms with Gasteiger partial charge < -0.3 is 0 Å². The number of carbonyl (C=O) groups excluding carboxylic acids is 1. The molecule has 2 heteroatoms. The highest BCUT2D eigenvalue weighted by atomic mass is 16.1. The summed E-state index contributed by atoms with van der Waals surface area (Å²) in [5.74, 6) is 0.170. The Balaban J connectivity index is 0.000000461. The minimum absolute atomic E-state index is 0.170. The fraction of sp³-hybridized carbons (Fsp3) is 0.333. The van der Waals surface area contributed by atoms with E-state index in [1.165, 1.54) is 0 Å². The standard InChI is InChI=1S/C10H9NO.C2H6/c1-7-2-3-9-8(6-7)10(12)4-5-11-9;1-2/h2-3,5-6H,4H2,1H3;1-2H3. The lowest BCUT2D eigenvalue weighted by Crippen LogP contribution is -2.04. The minimum Gasteiger partial charge on any atom is -0.294 e. The summed E-state index contributed by atoms with van der Waals surface area (Å²) in [4.78, 5) is 15.5. The van der Waals surface area contributed by atoms with Gasteiger partial charge in [-0.1, -0.05) is 25.5 Å². The Morgan fingerprint density at radius 1 is 1.29 bits per heavy atom. The van der Waals surface area contributed by atoms with E-state index in [0.29, 0.717) is 6.42 Å². The molecule has 0 N–H and O–H groups in total. The number of rotatable bonds is 0. The average molecular weight is 189 g/mol. The lowest BCUT2D eigenvalue weighted by atomic mass is 10.0. The zero-order chi connectivity index (χ0) is 10.6. The van der Waals surface area contributed by atoms with Gasteiger partial charge in [-0.2, -0.15) is 0 Å². The number of fused-ring (bicyclic) bond motifs is 1. The second-order valence-corrected chi connectivity index (χ2v) is 2.96. The molecule has 0 aliphatic carbocycles. The molecule has 0 bridgehead atoms. The second kappa shape index (κ2) is 4.70. The number of hydrogen-bond acceptors (Lipinski definition) is 2. The van der Waals surface area contributed by atoms with Crippen molar-refractivity contribution in [3.63, 3.8) is 0 Å². The highest BCUT2D eigenvalue weighted by Gasteiger charge is 2.13. The molecule has 0 saturated carbocycles. The number of nitrogens with zero attached hydrogens (tertiary/aromatic N) is 1. The van der Waals surface area contributed by atoms with Crippen LogP contribution in [0.25, 0.3) is 0 Å². The van der Waals surface area contributed by atoms with Crippen LogP contribution >= 0.6 is 0 Å². The van der Waals surface area contributed by atoms with Crippen LogP contribution < -0.4 is 0 Å². The number of hydrogen-bond donors (Lipinski definition) is 0. The van der Waals surface area contributed by atoms with Gasteiger partial charge in [-0.05, 0) is 19.1 Å². The van der Waals surface area contributed by atoms with E-state index in [0.717, 1.165) is 16.8 Å². The van der Waals surface area contributed by atoms with Gasteiger partial charge >= 0.3 is 0 Å². The molecule has 0 atom stereocenters. The largest absolute Gasteiger partial charge is 0.294 e. The molecule has 0 aromatic heterocycles. The van der Waals surface area contributed by atoms with Gasteiger partial charge in [-0.3, -0.25) is 9.79 Å². The van der Waals surface area contributed by atoms with E-state index >= 15 is 0 Å². The molecule has 1 aliphatic heterocycles. The Hall–Kier alpha value is -1.44. The van der Waals surface area contributed by atoms with E-state index < -0.39 is 0 Å². The van der Waals surface area contributed by atoms with Crippen molar-refractivity contribution in [3.8, 4) is 0 Å². The summed E-state index contributed by atoms with van der Waals surface area (Å²) in [5, 5.41) is 0. The molecule has 0 amide bonds. The summed E-state index contributed by atoms with van der Waals surface area (Å²) in [6, 6.07) is 5.75. The van der Waals surface area contributed by atoms with E-state index in [-0.39, 0.29) is 5.78 Å². The van der Waals surface area contributed by atoms with E-state index in [4.69, 9.17) is 0 Å². The maximum atomic E-state index is 11.3. The minimum atomic E-state index is 0.170. The predicted molar refractivity (Wildman–Crippen MR) is 59.6 cm³/mol. The molecular weight excluding hydrogens is 174 g/mol. The lowest BCUT2D eigenvalue weighted by Gasteiger charge is -2.08. The first-order chi connectivity index (χ1) is 6.77. The smallest absolute Gasteiger partial charge is 0.170 e. The fourth-order valence-corrected chi connectivity index (χ4v) is 1.32. The highest BCUT2D eigenvalue weighted by Crippen LogP contribution is 2.24. The third-order valence-corrected chi connectivity index (χ3v) is 1.96. The van der Waals surface area contributed by atoms with Crippen LogP contribution in [-0.2, 0) is 0 Å². The third-order valence-electron chi connectivity index (χ3n) is 1.96. The molecule has 0 unspecified atom stereocenters. The van der Waals surface area contributed by atoms with Gasteiger partial charge in [0.25, 0.3) is 0 Å². The zero-order valence-corrected chi connectivity index (χ0v) is 8.87. The molecule has 1 aromatic rings. The van der Waals surface area contributed by atoms with Gasteiger partial charge in [0, 0.05) is 18.2 Å². The van der Waals surface area contributed by atoms with Crippen LogP contribution in [0.15, 0.2) is 23.2 Å². The summed E-state index contributed by atoms with van der Waals surface area (Å²) in [6.45, 7) is 5.98. The molecular formula is C12H15NO. The quantitative estimate of drug-likeness (QED) is 0.615. The Morgan fingerprint density at radius 3 is 2.71 bits per heavy atom. The molecule has 0 fully saturated rings. The van der Waals surface area contributed by atoms with Crippen LogP contribution in [0.2, 0.25) is 0 Å². The summed E-state index contributed by atoms with van der Waals surface area (Å²) < 4.78 is 0. The molecule has 0 radical (unpaired) electrons. The zero-order valence-electron chi connectivity index (χ0n) is 8.87. The number of carbonyl (C=O) groups is 1. The number of aliphatic imine (C=N–C) groups is 1. The number of ketones is 1. The van der Waals surface area contributed by atoms with Crippen LogP contribution in [0.3, 0.4) is 0 Å². The van der Waals surface area contributed by atoms with Gasteiger partial charge in [0.2, 0.25) is 0 Å². The van der Waals surface area contributed by atoms with E-state index in [1.54, 1.807) is 6.21 Å². The fourth-order valence-electron chi connectivity index (χ4n) is 1.32. The van der Waals surface area contributed by atoms with Crippen molar-refractivity contribution in [1.82, 2.24) is 0 Å². The molecule has 1 aliphatic rings. The Morgan fingerprint density at radius 2 is 2.00 bits per heavy atom. The van der Waals surface area contributed by atoms with Crippen LogP contribution in [0.4, 0.5) is 5.69 Å². The lowest BCUT2D eigenvalue weighted by molar-refractivity contribution is 0.100. The van der Waals surface area contributed by atoms with Gasteiger partial charge in [0.15, 0.2) is 5.78 Å². The monoisotopic (exact) mass is 189 g/mol. The second-order valence-electron chi connectivity index (χ2n) is 2.96. The third kappa shape index (κ3) is 2.08. The Kier molecular flexibility index (Phi) is 3.57. The summed E-state index contributed by atoms with van der Waals surface area (Å²) >= 11 is 0. The van der Waals surface area contributed by atoms with Crippen molar-refractivity contribution < 1.29 is 4.79 Å². The summed E-state index contributed by atoms with van der Waals surface area (Å²) in [7, 11) is 0. The van der Waals surface area contributed by atoms with E-state index in [9.17, 15) is 4.79 Å². The maximum Gasteiger partial charge on any atom is 0.170 e. The molecule has 1 heterocycles. The summed E-state index contributed by atoms with van der Waals surface area (Å²) in [5.41, 5.74) is 2.67. The van der Waals surface area contributed by atoms with Crippen molar-refractivity contribution in [2.75, 3.05) is 0 Å². The normalized spacial score (nSPS) is 12.9. The summed E-state index contributed by atoms with van der Waals surface area (Å²) in [6.07, 6.45) is 2.11.